The van der Waals surface area contributed by atoms with E-state index in [1.807, 2.05) is 0 Å². The molecule has 0 aromatic heterocycles. The van der Waals surface area contributed by atoms with Gasteiger partial charge in [-0.2, -0.15) is 30.7 Å². The molecule has 0 saturated heterocycles. The van der Waals surface area contributed by atoms with E-state index in [4.69, 9.17) is 0 Å². The largest absolute Gasteiger partial charge is 0.460 e. The number of nitro benzene ring substituents is 1. The van der Waals surface area contributed by atoms with E-state index in [0.717, 1.165) is 30.3 Å². The van der Waals surface area contributed by atoms with Crippen molar-refractivity contribution in [3.63, 3.8) is 0 Å². The molecule has 0 aliphatic heterocycles. The zero-order valence-corrected chi connectivity index (χ0v) is 17.0. The van der Waals surface area contributed by atoms with E-state index in [2.05, 4.69) is 31.9 Å². The summed E-state index contributed by atoms with van der Waals surface area (Å²) in [5.74, 6) is -6.29. The Hall–Kier alpha value is -1.34. The minimum Gasteiger partial charge on any atom is -0.258 e. The van der Waals surface area contributed by atoms with E-state index < -0.39 is 38.9 Å². The maximum Gasteiger partial charge on any atom is 0.460 e. The van der Waals surface area contributed by atoms with Crippen molar-refractivity contribution in [2.24, 2.45) is 0 Å². The van der Waals surface area contributed by atoms with Crippen molar-refractivity contribution in [3.05, 3.63) is 55.5 Å². The minimum atomic E-state index is -6.46. The van der Waals surface area contributed by atoms with Gasteiger partial charge >= 0.3 is 17.4 Å². The zero-order chi connectivity index (χ0) is 21.5. The molecule has 2 aromatic carbocycles. The van der Waals surface area contributed by atoms with Crippen LogP contribution >= 0.6 is 43.6 Å². The highest BCUT2D eigenvalue weighted by molar-refractivity contribution is 9.11. The molecule has 152 valence electrons. The lowest BCUT2D eigenvalue weighted by molar-refractivity contribution is -0.384. The number of halogens is 9. The molecule has 0 saturated carbocycles. The van der Waals surface area contributed by atoms with Crippen LogP contribution in [0.1, 0.15) is 0 Å². The van der Waals surface area contributed by atoms with E-state index in [9.17, 15) is 40.8 Å². The van der Waals surface area contributed by atoms with E-state index in [1.165, 1.54) is 6.07 Å². The van der Waals surface area contributed by atoms with Gasteiger partial charge in [0.15, 0.2) is 0 Å². The molecule has 0 amide bonds. The van der Waals surface area contributed by atoms with Crippen molar-refractivity contribution < 1.29 is 35.7 Å². The molecule has 0 atom stereocenters. The fraction of sp³-hybridized carbons (Fsp3) is 0.200. The van der Waals surface area contributed by atoms with E-state index in [0.29, 0.717) is 0 Å². The Balaban J connectivity index is 2.58. The third-order valence-corrected chi connectivity index (χ3v) is 5.48. The first-order valence-electron chi connectivity index (χ1n) is 6.92. The summed E-state index contributed by atoms with van der Waals surface area (Å²) in [4.78, 5) is 9.41. The fourth-order valence-corrected chi connectivity index (χ4v) is 4.80. The van der Waals surface area contributed by atoms with Crippen molar-refractivity contribution in [1.82, 2.24) is 0 Å². The third-order valence-electron chi connectivity index (χ3n) is 3.35. The number of alkyl halides is 7. The standard InChI is InChI=1S/C15H6Br2F7NO2S/c16-8-5-10(17)12(7-1-3-9(4-2-7)25(26)27)11(6-8)28-15(23,24)13(18,19)14(20,21)22/h1-6H. The first-order valence-corrected chi connectivity index (χ1v) is 9.33. The van der Waals surface area contributed by atoms with Gasteiger partial charge in [0.05, 0.1) is 4.92 Å². The lowest BCUT2D eigenvalue weighted by Gasteiger charge is -2.28. The van der Waals surface area contributed by atoms with Gasteiger partial charge in [0.2, 0.25) is 0 Å². The molecule has 0 bridgehead atoms. The average Bonchev–Trinajstić information content (AvgIpc) is 2.53. The number of non-ortho nitro benzene ring substituents is 1. The summed E-state index contributed by atoms with van der Waals surface area (Å²) in [5.41, 5.74) is -0.348. The van der Waals surface area contributed by atoms with E-state index >= 15 is 0 Å². The van der Waals surface area contributed by atoms with Gasteiger partial charge in [0, 0.05) is 31.5 Å². The topological polar surface area (TPSA) is 43.1 Å². The van der Waals surface area contributed by atoms with Crippen molar-refractivity contribution in [1.29, 1.82) is 0 Å². The fourth-order valence-electron chi connectivity index (χ4n) is 2.03. The molecule has 0 aliphatic rings. The Morgan fingerprint density at radius 1 is 0.929 bits per heavy atom. The van der Waals surface area contributed by atoms with Crippen LogP contribution in [0.5, 0.6) is 0 Å². The second-order valence-electron chi connectivity index (χ2n) is 5.26. The van der Waals surface area contributed by atoms with Crippen LogP contribution < -0.4 is 0 Å². The second kappa shape index (κ2) is 7.82. The average molecular weight is 557 g/mol. The monoisotopic (exact) mass is 555 g/mol. The number of benzene rings is 2. The summed E-state index contributed by atoms with van der Waals surface area (Å²) in [5, 5.41) is 5.20. The van der Waals surface area contributed by atoms with Gasteiger partial charge in [-0.3, -0.25) is 10.1 Å². The SMILES string of the molecule is O=[N+]([O-])c1ccc(-c2c(Br)cc(Br)cc2SC(F)(F)C(F)(F)C(F)(F)F)cc1. The molecule has 0 fully saturated rings. The van der Waals surface area contributed by atoms with Gasteiger partial charge in [-0.1, -0.05) is 31.9 Å². The summed E-state index contributed by atoms with van der Waals surface area (Å²) in [7, 11) is 0. The molecule has 0 radical (unpaired) electrons. The lowest BCUT2D eigenvalue weighted by Crippen LogP contribution is -2.49. The predicted molar refractivity (Wildman–Crippen MR) is 95.7 cm³/mol. The first kappa shape index (κ1) is 22.9. The summed E-state index contributed by atoms with van der Waals surface area (Å²) >= 11 is 5.05. The van der Waals surface area contributed by atoms with E-state index in [-0.39, 0.29) is 25.8 Å². The maximum atomic E-state index is 13.9. The molecule has 28 heavy (non-hydrogen) atoms. The number of hydrogen-bond donors (Lipinski definition) is 0. The van der Waals surface area contributed by atoms with Crippen LogP contribution in [0.4, 0.5) is 36.4 Å². The van der Waals surface area contributed by atoms with Gasteiger partial charge < -0.3 is 0 Å². The summed E-state index contributed by atoms with van der Waals surface area (Å²) in [6.07, 6.45) is -6.46. The predicted octanol–water partition coefficient (Wildman–Crippen LogP) is 7.67. The van der Waals surface area contributed by atoms with Crippen LogP contribution in [0, 0.1) is 10.1 Å². The molecule has 13 heteroatoms. The highest BCUT2D eigenvalue weighted by atomic mass is 79.9. The maximum absolute atomic E-state index is 13.9. The Bertz CT molecular complexity index is 904. The molecule has 0 unspecified atom stereocenters. The van der Waals surface area contributed by atoms with Crippen LogP contribution in [0.3, 0.4) is 0 Å². The smallest absolute Gasteiger partial charge is 0.258 e. The van der Waals surface area contributed by atoms with Crippen molar-refractivity contribution in [2.75, 3.05) is 0 Å². The normalized spacial score (nSPS) is 12.9. The van der Waals surface area contributed by atoms with Crippen molar-refractivity contribution >= 4 is 49.3 Å². The summed E-state index contributed by atoms with van der Waals surface area (Å²) in [6.45, 7) is 0. The van der Waals surface area contributed by atoms with Crippen LogP contribution in [0.15, 0.2) is 50.2 Å². The second-order valence-corrected chi connectivity index (χ2v) is 8.18. The zero-order valence-electron chi connectivity index (χ0n) is 13.0. The van der Waals surface area contributed by atoms with Gasteiger partial charge in [-0.25, -0.2) is 0 Å². The summed E-state index contributed by atoms with van der Waals surface area (Å²) < 4.78 is 91.8. The number of nitro groups is 1. The van der Waals surface area contributed by atoms with Crippen LogP contribution in [-0.2, 0) is 0 Å². The Morgan fingerprint density at radius 2 is 1.46 bits per heavy atom. The molecule has 0 N–H and O–H groups in total. The first-order chi connectivity index (χ1) is 12.7. The minimum absolute atomic E-state index is 0.0959. The third kappa shape index (κ3) is 4.46. The lowest BCUT2D eigenvalue weighted by atomic mass is 10.1. The summed E-state index contributed by atoms with van der Waals surface area (Å²) in [6, 6.07) is 6.72. The quantitative estimate of drug-likeness (QED) is 0.164. The van der Waals surface area contributed by atoms with Gasteiger partial charge in [0.1, 0.15) is 0 Å². The molecule has 2 aromatic rings. The number of hydrogen-bond acceptors (Lipinski definition) is 3. The van der Waals surface area contributed by atoms with Crippen LogP contribution in [0.25, 0.3) is 11.1 Å². The highest BCUT2D eigenvalue weighted by Gasteiger charge is 2.73. The van der Waals surface area contributed by atoms with Gasteiger partial charge in [-0.15, -0.1) is 0 Å². The van der Waals surface area contributed by atoms with Crippen LogP contribution in [0.2, 0.25) is 0 Å². The number of thioether (sulfide) groups is 1. The number of nitrogens with zero attached hydrogens (tertiary/aromatic N) is 1. The highest BCUT2D eigenvalue weighted by Crippen LogP contribution is 2.56. The molecular weight excluding hydrogens is 551 g/mol. The van der Waals surface area contributed by atoms with Gasteiger partial charge in [0.25, 0.3) is 5.69 Å². The van der Waals surface area contributed by atoms with Crippen molar-refractivity contribution in [3.8, 4) is 11.1 Å². The van der Waals surface area contributed by atoms with Crippen LogP contribution in [-0.4, -0.2) is 22.3 Å². The Labute approximate surface area is 173 Å². The van der Waals surface area contributed by atoms with Crippen molar-refractivity contribution in [2.45, 2.75) is 22.2 Å². The molecule has 3 nitrogen and oxygen atoms in total. The molecule has 2 rings (SSSR count). The molecule has 0 heterocycles. The Morgan fingerprint density at radius 3 is 1.93 bits per heavy atom. The molecular formula is C15H6Br2F7NO2S. The number of rotatable bonds is 5. The van der Waals surface area contributed by atoms with Gasteiger partial charge in [-0.05, 0) is 41.6 Å². The van der Waals surface area contributed by atoms with E-state index in [1.54, 1.807) is 0 Å². The molecule has 0 aliphatic carbocycles. The molecule has 0 spiro atoms. The Kier molecular flexibility index (Phi) is 6.41.